The summed E-state index contributed by atoms with van der Waals surface area (Å²) in [6, 6.07) is 5.88. The number of carbonyl (C=O) groups is 2. The summed E-state index contributed by atoms with van der Waals surface area (Å²) in [5, 5.41) is 9.24. The van der Waals surface area contributed by atoms with Crippen molar-refractivity contribution in [3.63, 3.8) is 0 Å². The zero-order chi connectivity index (χ0) is 22.6. The highest BCUT2D eigenvalue weighted by molar-refractivity contribution is 6.00. The molecule has 0 aliphatic carbocycles. The first kappa shape index (κ1) is 24.0. The lowest BCUT2D eigenvalue weighted by Gasteiger charge is -2.29. The van der Waals surface area contributed by atoms with Gasteiger partial charge in [-0.25, -0.2) is 0 Å². The second kappa shape index (κ2) is 13.0. The van der Waals surface area contributed by atoms with Crippen molar-refractivity contribution in [3.8, 4) is 0 Å². The number of benzene rings is 1. The van der Waals surface area contributed by atoms with E-state index in [2.05, 4.69) is 31.6 Å². The normalized spacial score (nSPS) is 18.2. The second-order valence-corrected chi connectivity index (χ2v) is 7.53. The Balaban J connectivity index is 1.29. The maximum Gasteiger partial charge on any atom is 0.243 e. The smallest absolute Gasteiger partial charge is 0.243 e. The third kappa shape index (κ3) is 7.18. The Morgan fingerprint density at radius 2 is 1.84 bits per heavy atom. The second-order valence-electron chi connectivity index (χ2n) is 7.53. The van der Waals surface area contributed by atoms with E-state index in [1.807, 2.05) is 12.1 Å². The molecular formula is C21H30N6O5. The monoisotopic (exact) mass is 446 g/mol. The lowest BCUT2D eigenvalue weighted by atomic mass is 10.0. The van der Waals surface area contributed by atoms with Crippen molar-refractivity contribution in [2.75, 3.05) is 58.0 Å². The Kier molecular flexibility index (Phi) is 9.73. The molecule has 174 valence electrons. The van der Waals surface area contributed by atoms with Crippen molar-refractivity contribution < 1.29 is 23.8 Å². The fourth-order valence-corrected chi connectivity index (χ4v) is 3.81. The molecule has 2 N–H and O–H groups in total. The van der Waals surface area contributed by atoms with Gasteiger partial charge in [0.05, 0.1) is 45.7 Å². The molecule has 1 saturated heterocycles. The highest BCUT2D eigenvalue weighted by Gasteiger charge is 2.35. The molecule has 1 unspecified atom stereocenters. The minimum absolute atomic E-state index is 0.189. The third-order valence-corrected chi connectivity index (χ3v) is 5.36. The van der Waals surface area contributed by atoms with Crippen LogP contribution in [0.5, 0.6) is 0 Å². The van der Waals surface area contributed by atoms with Gasteiger partial charge >= 0.3 is 0 Å². The Morgan fingerprint density at radius 1 is 1.09 bits per heavy atom. The summed E-state index contributed by atoms with van der Waals surface area (Å²) in [6.45, 7) is 5.23. The van der Waals surface area contributed by atoms with Gasteiger partial charge in [0, 0.05) is 43.2 Å². The number of nitrogens with zero attached hydrogens (tertiary/aromatic N) is 4. The molecule has 0 radical (unpaired) electrons. The number of nitrogens with one attached hydrogen (secondary N) is 2. The highest BCUT2D eigenvalue weighted by Crippen LogP contribution is 2.32. The van der Waals surface area contributed by atoms with Crippen LogP contribution < -0.4 is 10.6 Å². The number of hydrogen-bond donors (Lipinski definition) is 2. The molecule has 2 aliphatic rings. The zero-order valence-electron chi connectivity index (χ0n) is 18.1. The Labute approximate surface area is 187 Å². The van der Waals surface area contributed by atoms with Crippen LogP contribution in [0.15, 0.2) is 23.3 Å². The first-order valence-corrected chi connectivity index (χ1v) is 10.9. The summed E-state index contributed by atoms with van der Waals surface area (Å²) in [4.78, 5) is 28.4. The van der Waals surface area contributed by atoms with E-state index in [-0.39, 0.29) is 17.9 Å². The molecule has 1 aromatic carbocycles. The average molecular weight is 447 g/mol. The van der Waals surface area contributed by atoms with Gasteiger partial charge in [-0.3, -0.25) is 19.8 Å². The molecule has 11 heteroatoms. The Morgan fingerprint density at radius 3 is 2.59 bits per heavy atom. The molecule has 1 aromatic rings. The Bertz CT molecular complexity index is 829. The predicted molar refractivity (Wildman–Crippen MR) is 117 cm³/mol. The summed E-state index contributed by atoms with van der Waals surface area (Å²) in [6.07, 6.45) is 0.957. The number of azide groups is 1. The summed E-state index contributed by atoms with van der Waals surface area (Å²) < 4.78 is 16.3. The number of anilines is 1. The van der Waals surface area contributed by atoms with E-state index in [1.54, 1.807) is 0 Å². The molecule has 0 bridgehead atoms. The summed E-state index contributed by atoms with van der Waals surface area (Å²) in [5.74, 6) is -0.384. The van der Waals surface area contributed by atoms with E-state index >= 15 is 0 Å². The maximum atomic E-state index is 12.2. The van der Waals surface area contributed by atoms with Crippen LogP contribution in [0.2, 0.25) is 0 Å². The van der Waals surface area contributed by atoms with Gasteiger partial charge in [-0.1, -0.05) is 17.2 Å². The topological polar surface area (TPSA) is 138 Å². The average Bonchev–Trinajstić information content (AvgIpc) is 3.21. The lowest BCUT2D eigenvalue weighted by Crippen LogP contribution is -2.50. The summed E-state index contributed by atoms with van der Waals surface area (Å²) in [5.41, 5.74) is 11.6. The van der Waals surface area contributed by atoms with Crippen LogP contribution in [0.3, 0.4) is 0 Å². The van der Waals surface area contributed by atoms with Gasteiger partial charge in [0.25, 0.3) is 0 Å². The van der Waals surface area contributed by atoms with E-state index < -0.39 is 0 Å². The number of hydrogen-bond acceptors (Lipinski definition) is 8. The minimum Gasteiger partial charge on any atom is -0.382 e. The van der Waals surface area contributed by atoms with Crippen molar-refractivity contribution in [1.29, 1.82) is 0 Å². The van der Waals surface area contributed by atoms with E-state index in [0.29, 0.717) is 78.7 Å². The highest BCUT2D eigenvalue weighted by atomic mass is 16.5. The molecule has 2 aliphatic heterocycles. The molecule has 0 aromatic heterocycles. The third-order valence-electron chi connectivity index (χ3n) is 5.36. The minimum atomic E-state index is -0.257. The van der Waals surface area contributed by atoms with Gasteiger partial charge in [0.1, 0.15) is 0 Å². The molecule has 2 heterocycles. The van der Waals surface area contributed by atoms with E-state index in [9.17, 15) is 9.59 Å². The van der Waals surface area contributed by atoms with Gasteiger partial charge < -0.3 is 19.5 Å². The van der Waals surface area contributed by atoms with Gasteiger partial charge in [-0.05, 0) is 29.1 Å². The first-order valence-electron chi connectivity index (χ1n) is 10.9. The SMILES string of the molecule is [N-]=[N+]=NCCOCCOCCOCCNc1cccc2c1CN(C1CCC(=O)NC1=O)C2. The number of imide groups is 1. The molecule has 1 fully saturated rings. The first-order chi connectivity index (χ1) is 15.7. The Hall–Kier alpha value is -2.69. The van der Waals surface area contributed by atoms with Gasteiger partial charge in [-0.15, -0.1) is 0 Å². The molecule has 2 amide bonds. The van der Waals surface area contributed by atoms with Gasteiger partial charge in [0.2, 0.25) is 11.8 Å². The largest absolute Gasteiger partial charge is 0.382 e. The standard InChI is InChI=1S/C21H30N6O5/c22-26-24-7-9-31-11-13-32-12-10-30-8-6-23-18-3-1-2-16-14-27(15-17(16)18)19-4-5-20(28)25-21(19)29/h1-3,19,23H,4-15H2,(H,25,28,29). The van der Waals surface area contributed by atoms with Crippen molar-refractivity contribution in [2.24, 2.45) is 5.11 Å². The molecule has 1 atom stereocenters. The van der Waals surface area contributed by atoms with Gasteiger partial charge in [-0.2, -0.15) is 0 Å². The number of amides is 2. The molecule has 0 saturated carbocycles. The van der Waals surface area contributed by atoms with Gasteiger partial charge in [0.15, 0.2) is 0 Å². The molecular weight excluding hydrogens is 416 g/mol. The number of rotatable bonds is 14. The molecule has 0 spiro atoms. The van der Waals surface area contributed by atoms with Crippen LogP contribution in [0.4, 0.5) is 5.69 Å². The van der Waals surface area contributed by atoms with Crippen LogP contribution in [0.1, 0.15) is 24.0 Å². The molecule has 3 rings (SSSR count). The van der Waals surface area contributed by atoms with Crippen LogP contribution >= 0.6 is 0 Å². The van der Waals surface area contributed by atoms with Crippen molar-refractivity contribution in [2.45, 2.75) is 32.0 Å². The number of piperidine rings is 1. The van der Waals surface area contributed by atoms with E-state index in [4.69, 9.17) is 19.7 Å². The van der Waals surface area contributed by atoms with Crippen molar-refractivity contribution in [1.82, 2.24) is 10.2 Å². The fourth-order valence-electron chi connectivity index (χ4n) is 3.81. The van der Waals surface area contributed by atoms with Crippen LogP contribution in [0.25, 0.3) is 10.4 Å². The summed E-state index contributed by atoms with van der Waals surface area (Å²) >= 11 is 0. The van der Waals surface area contributed by atoms with Crippen LogP contribution in [0, 0.1) is 0 Å². The van der Waals surface area contributed by atoms with E-state index in [0.717, 1.165) is 5.69 Å². The maximum absolute atomic E-state index is 12.2. The number of carbonyl (C=O) groups excluding carboxylic acids is 2. The quantitative estimate of drug-likeness (QED) is 0.145. The predicted octanol–water partition coefficient (Wildman–Crippen LogP) is 1.58. The van der Waals surface area contributed by atoms with Crippen molar-refractivity contribution in [3.05, 3.63) is 39.8 Å². The van der Waals surface area contributed by atoms with E-state index in [1.165, 1.54) is 11.1 Å². The number of ether oxygens (including phenoxy) is 3. The zero-order valence-corrected chi connectivity index (χ0v) is 18.1. The molecule has 32 heavy (non-hydrogen) atoms. The van der Waals surface area contributed by atoms with Crippen LogP contribution in [-0.4, -0.2) is 75.5 Å². The van der Waals surface area contributed by atoms with Crippen molar-refractivity contribution >= 4 is 17.5 Å². The number of fused-ring (bicyclic) bond motifs is 1. The fraction of sp³-hybridized carbons (Fsp3) is 0.619. The lowest BCUT2D eigenvalue weighted by molar-refractivity contribution is -0.137. The summed E-state index contributed by atoms with van der Waals surface area (Å²) in [7, 11) is 0. The molecule has 11 nitrogen and oxygen atoms in total. The van der Waals surface area contributed by atoms with Crippen LogP contribution in [-0.2, 0) is 36.9 Å².